The number of ketones is 1. The fourth-order valence-electron chi connectivity index (χ4n) is 5.50. The largest absolute Gasteiger partial charge is 0.462 e. The fourth-order valence-corrected chi connectivity index (χ4v) is 5.50. The molecular formula is C16H24O3. The molecule has 4 fully saturated rings. The second kappa shape index (κ2) is 3.83. The molecule has 3 nitrogen and oxygen atoms in total. The molecule has 2 saturated carbocycles. The molecule has 4 unspecified atom stereocenters. The summed E-state index contributed by atoms with van der Waals surface area (Å²) in [6, 6.07) is 0. The molecule has 4 atom stereocenters. The van der Waals surface area contributed by atoms with E-state index in [1.807, 2.05) is 0 Å². The zero-order chi connectivity index (χ0) is 13.9. The smallest absolute Gasteiger partial charge is 0.312 e. The third kappa shape index (κ3) is 2.11. The quantitative estimate of drug-likeness (QED) is 0.735. The normalized spacial score (nSPS) is 47.9. The Labute approximate surface area is 115 Å². The molecule has 0 radical (unpaired) electrons. The highest BCUT2D eigenvalue weighted by Gasteiger charge is 2.61. The Hall–Kier alpha value is -0.860. The van der Waals surface area contributed by atoms with Crippen LogP contribution in [0.2, 0.25) is 0 Å². The van der Waals surface area contributed by atoms with E-state index >= 15 is 0 Å². The van der Waals surface area contributed by atoms with Gasteiger partial charge in [0.25, 0.3) is 0 Å². The van der Waals surface area contributed by atoms with E-state index in [-0.39, 0.29) is 34.1 Å². The Morgan fingerprint density at radius 2 is 2.00 bits per heavy atom. The maximum absolute atomic E-state index is 12.3. The van der Waals surface area contributed by atoms with Crippen molar-refractivity contribution in [2.45, 2.75) is 71.8 Å². The number of carbonyl (C=O) groups excluding carboxylic acids is 2. The van der Waals surface area contributed by atoms with Crippen molar-refractivity contribution in [3.05, 3.63) is 0 Å². The Bertz CT molecular complexity index is 443. The van der Waals surface area contributed by atoms with Crippen LogP contribution in [-0.2, 0) is 14.3 Å². The second-order valence-corrected chi connectivity index (χ2v) is 8.04. The zero-order valence-electron chi connectivity index (χ0n) is 12.3. The minimum absolute atomic E-state index is 0.00521. The first-order valence-electron chi connectivity index (χ1n) is 7.45. The third-order valence-electron chi connectivity index (χ3n) is 5.54. The molecule has 0 amide bonds. The summed E-state index contributed by atoms with van der Waals surface area (Å²) >= 11 is 0. The molecule has 2 saturated heterocycles. The first kappa shape index (κ1) is 13.1. The van der Waals surface area contributed by atoms with Crippen LogP contribution < -0.4 is 0 Å². The van der Waals surface area contributed by atoms with Crippen LogP contribution in [0.3, 0.4) is 0 Å². The van der Waals surface area contributed by atoms with Crippen LogP contribution >= 0.6 is 0 Å². The summed E-state index contributed by atoms with van der Waals surface area (Å²) in [6.07, 6.45) is 6.68. The minimum Gasteiger partial charge on any atom is -0.462 e. The van der Waals surface area contributed by atoms with E-state index in [1.165, 1.54) is 0 Å². The molecule has 2 heterocycles. The van der Waals surface area contributed by atoms with Gasteiger partial charge in [-0.15, -0.1) is 0 Å². The Morgan fingerprint density at radius 1 is 1.26 bits per heavy atom. The summed E-state index contributed by atoms with van der Waals surface area (Å²) < 4.78 is 5.71. The molecule has 4 aliphatic rings. The molecule has 106 valence electrons. The van der Waals surface area contributed by atoms with Gasteiger partial charge in [0.05, 0.1) is 5.41 Å². The van der Waals surface area contributed by atoms with Gasteiger partial charge < -0.3 is 9.53 Å². The van der Waals surface area contributed by atoms with E-state index in [2.05, 4.69) is 13.8 Å². The van der Waals surface area contributed by atoms with Gasteiger partial charge in [-0.1, -0.05) is 6.92 Å². The van der Waals surface area contributed by atoms with Gasteiger partial charge >= 0.3 is 5.97 Å². The van der Waals surface area contributed by atoms with Gasteiger partial charge in [-0.25, -0.2) is 0 Å². The van der Waals surface area contributed by atoms with E-state index in [9.17, 15) is 9.59 Å². The molecule has 0 spiro atoms. The predicted molar refractivity (Wildman–Crippen MR) is 71.5 cm³/mol. The van der Waals surface area contributed by atoms with Crippen LogP contribution in [0.1, 0.15) is 65.7 Å². The molecule has 0 aromatic carbocycles. The zero-order valence-corrected chi connectivity index (χ0v) is 12.3. The molecule has 3 heteroatoms. The Balaban J connectivity index is 1.95. The number of Topliss-reactive ketones (excluding diaryl/α,β-unsaturated/α-hetero) is 1. The maximum Gasteiger partial charge on any atom is 0.312 e. The summed E-state index contributed by atoms with van der Waals surface area (Å²) in [6.45, 7) is 6.05. The van der Waals surface area contributed by atoms with Crippen molar-refractivity contribution in [3.8, 4) is 0 Å². The van der Waals surface area contributed by atoms with Crippen molar-refractivity contribution in [2.24, 2.45) is 16.2 Å². The number of ether oxygens (including phenoxy) is 1. The summed E-state index contributed by atoms with van der Waals surface area (Å²) in [5.41, 5.74) is 0.0520. The molecule has 0 aromatic heterocycles. The lowest BCUT2D eigenvalue weighted by Gasteiger charge is -2.54. The van der Waals surface area contributed by atoms with Crippen LogP contribution in [0.25, 0.3) is 0 Å². The van der Waals surface area contributed by atoms with Gasteiger partial charge in [-0.3, -0.25) is 4.79 Å². The van der Waals surface area contributed by atoms with Crippen molar-refractivity contribution >= 4 is 11.8 Å². The summed E-state index contributed by atoms with van der Waals surface area (Å²) in [4.78, 5) is 23.7. The summed E-state index contributed by atoms with van der Waals surface area (Å²) in [7, 11) is 0. The van der Waals surface area contributed by atoms with Crippen molar-refractivity contribution in [3.63, 3.8) is 0 Å². The van der Waals surface area contributed by atoms with E-state index in [0.29, 0.717) is 6.42 Å². The standard InChI is InChI=1S/C16H24O3/c1-11(17)4-5-16-7-12-6-14(2,9-16)8-15(3,10-16)13(18)19-12/h12H,4-10H2,1-3H3. The van der Waals surface area contributed by atoms with Crippen LogP contribution in [0, 0.1) is 16.2 Å². The first-order chi connectivity index (χ1) is 8.74. The SMILES string of the molecule is CC(=O)CCC12CC3CC(C)(C1)CC(C)(C2)C(=O)O3. The average Bonchev–Trinajstić information content (AvgIpc) is 2.34. The predicted octanol–water partition coefficient (Wildman–Crippen LogP) is 3.26. The maximum atomic E-state index is 12.3. The second-order valence-electron chi connectivity index (χ2n) is 8.04. The number of carbonyl (C=O) groups is 2. The third-order valence-corrected chi connectivity index (χ3v) is 5.54. The van der Waals surface area contributed by atoms with Crippen molar-refractivity contribution in [1.29, 1.82) is 0 Å². The molecule has 19 heavy (non-hydrogen) atoms. The van der Waals surface area contributed by atoms with Crippen LogP contribution in [0.5, 0.6) is 0 Å². The first-order valence-corrected chi connectivity index (χ1v) is 7.45. The molecular weight excluding hydrogens is 240 g/mol. The summed E-state index contributed by atoms with van der Waals surface area (Å²) in [5.74, 6) is 0.266. The molecule has 0 aromatic rings. The van der Waals surface area contributed by atoms with E-state index in [4.69, 9.17) is 4.74 Å². The topological polar surface area (TPSA) is 43.4 Å². The highest BCUT2D eigenvalue weighted by atomic mass is 16.5. The van der Waals surface area contributed by atoms with Crippen molar-refractivity contribution < 1.29 is 14.3 Å². The molecule has 2 aliphatic carbocycles. The van der Waals surface area contributed by atoms with Crippen molar-refractivity contribution in [2.75, 3.05) is 0 Å². The van der Waals surface area contributed by atoms with Crippen LogP contribution in [0.15, 0.2) is 0 Å². The number of rotatable bonds is 3. The minimum atomic E-state index is -0.324. The number of esters is 1. The average molecular weight is 264 g/mol. The number of hydrogen-bond acceptors (Lipinski definition) is 3. The highest BCUT2D eigenvalue weighted by Crippen LogP contribution is 2.65. The Kier molecular flexibility index (Phi) is 2.65. The van der Waals surface area contributed by atoms with Gasteiger partial charge in [-0.05, 0) is 63.2 Å². The Morgan fingerprint density at radius 3 is 2.68 bits per heavy atom. The molecule has 2 aliphatic heterocycles. The van der Waals surface area contributed by atoms with Gasteiger partial charge in [0.2, 0.25) is 0 Å². The lowest BCUT2D eigenvalue weighted by Crippen LogP contribution is -2.48. The lowest BCUT2D eigenvalue weighted by molar-refractivity contribution is -0.157. The molecule has 0 N–H and O–H groups in total. The van der Waals surface area contributed by atoms with Crippen LogP contribution in [-0.4, -0.2) is 17.9 Å². The monoisotopic (exact) mass is 264 g/mol. The van der Waals surface area contributed by atoms with E-state index in [0.717, 1.165) is 38.5 Å². The van der Waals surface area contributed by atoms with E-state index in [1.54, 1.807) is 6.92 Å². The van der Waals surface area contributed by atoms with Gasteiger partial charge in [0, 0.05) is 6.42 Å². The van der Waals surface area contributed by atoms with Gasteiger partial charge in [0.1, 0.15) is 11.9 Å². The van der Waals surface area contributed by atoms with Crippen molar-refractivity contribution in [1.82, 2.24) is 0 Å². The van der Waals surface area contributed by atoms with Crippen LogP contribution in [0.4, 0.5) is 0 Å². The number of hydrogen-bond donors (Lipinski definition) is 0. The van der Waals surface area contributed by atoms with Gasteiger partial charge in [0.15, 0.2) is 0 Å². The lowest BCUT2D eigenvalue weighted by atomic mass is 9.48. The molecule has 4 bridgehead atoms. The number of fused-ring (bicyclic) bond motifs is 1. The summed E-state index contributed by atoms with van der Waals surface area (Å²) in [5, 5.41) is 0. The van der Waals surface area contributed by atoms with E-state index < -0.39 is 0 Å². The molecule has 4 rings (SSSR count). The fraction of sp³-hybridized carbons (Fsp3) is 0.875. The van der Waals surface area contributed by atoms with Gasteiger partial charge in [-0.2, -0.15) is 0 Å². The highest BCUT2D eigenvalue weighted by molar-refractivity contribution is 5.78.